The van der Waals surface area contributed by atoms with Gasteiger partial charge in [-0.3, -0.25) is 14.6 Å². The second-order valence-corrected chi connectivity index (χ2v) is 7.89. The quantitative estimate of drug-likeness (QED) is 0.356. The molecule has 8 nitrogen and oxygen atoms in total. The Balaban J connectivity index is 1.87. The van der Waals surface area contributed by atoms with Crippen molar-refractivity contribution in [3.8, 4) is 29.0 Å². The van der Waals surface area contributed by atoms with Gasteiger partial charge in [0.1, 0.15) is 17.5 Å². The Labute approximate surface area is 213 Å². The molecular weight excluding hydrogens is 513 g/mol. The van der Waals surface area contributed by atoms with Crippen molar-refractivity contribution in [2.45, 2.75) is 12.6 Å². The maximum absolute atomic E-state index is 13.0. The number of ketones is 1. The first-order valence-corrected chi connectivity index (χ1v) is 10.8. The number of ether oxygens (including phenoxy) is 1. The number of Topliss-reactive ketones (excluding diaryl/α,β-unsaturated/α-hetero) is 1. The monoisotopic (exact) mass is 528 g/mol. The molecule has 2 aromatic carbocycles. The van der Waals surface area contributed by atoms with E-state index in [0.717, 1.165) is 6.20 Å². The van der Waals surface area contributed by atoms with Crippen LogP contribution in [0.5, 0.6) is 5.75 Å². The van der Waals surface area contributed by atoms with Gasteiger partial charge in [-0.05, 0) is 36.4 Å². The van der Waals surface area contributed by atoms with Crippen molar-refractivity contribution in [1.82, 2.24) is 4.98 Å². The summed E-state index contributed by atoms with van der Waals surface area (Å²) in [4.78, 5) is 27.1. The molecule has 0 atom stereocenters. The minimum atomic E-state index is -4.74. The van der Waals surface area contributed by atoms with Crippen molar-refractivity contribution in [2.24, 2.45) is 0 Å². The molecule has 2 N–H and O–H groups in total. The maximum Gasteiger partial charge on any atom is 0.433 e. The molecule has 0 spiro atoms. The van der Waals surface area contributed by atoms with Gasteiger partial charge in [0.25, 0.3) is 0 Å². The van der Waals surface area contributed by atoms with Crippen LogP contribution in [0.2, 0.25) is 5.02 Å². The Kier molecular flexibility index (Phi) is 8.33. The molecule has 188 valence electrons. The van der Waals surface area contributed by atoms with Gasteiger partial charge in [0.2, 0.25) is 0 Å². The van der Waals surface area contributed by atoms with Gasteiger partial charge in [0.05, 0.1) is 42.5 Å². The third-order valence-electron chi connectivity index (χ3n) is 5.04. The van der Waals surface area contributed by atoms with Gasteiger partial charge in [0.15, 0.2) is 5.78 Å². The van der Waals surface area contributed by atoms with Gasteiger partial charge in [-0.15, -0.1) is 0 Å². The van der Waals surface area contributed by atoms with Gasteiger partial charge >= 0.3 is 12.1 Å². The lowest BCUT2D eigenvalue weighted by atomic mass is 9.98. The number of carbonyl (C=O) groups is 2. The van der Waals surface area contributed by atoms with Crippen LogP contribution in [0, 0.1) is 22.7 Å². The Hall–Kier alpha value is -4.61. The highest BCUT2D eigenvalue weighted by molar-refractivity contribution is 6.33. The van der Waals surface area contributed by atoms with Crippen molar-refractivity contribution in [2.75, 3.05) is 18.5 Å². The SMILES string of the molecule is N#Cc1cc(C(F)(F)F)ncc1-c1cc(C(=O)CNc2c(C#N)cccc2OCCC(=O)O)ccc1Cl. The lowest BCUT2D eigenvalue weighted by molar-refractivity contribution is -0.141. The van der Waals surface area contributed by atoms with Gasteiger partial charge in [-0.1, -0.05) is 17.7 Å². The van der Waals surface area contributed by atoms with E-state index in [1.807, 2.05) is 6.07 Å². The highest BCUT2D eigenvalue weighted by atomic mass is 35.5. The molecule has 0 aliphatic rings. The Morgan fingerprint density at radius 3 is 2.46 bits per heavy atom. The number of rotatable bonds is 9. The van der Waals surface area contributed by atoms with Crippen LogP contribution >= 0.6 is 11.6 Å². The summed E-state index contributed by atoms with van der Waals surface area (Å²) in [5.74, 6) is -1.36. The van der Waals surface area contributed by atoms with Crippen LogP contribution in [0.3, 0.4) is 0 Å². The second kappa shape index (κ2) is 11.4. The average Bonchev–Trinajstić information content (AvgIpc) is 2.86. The highest BCUT2D eigenvalue weighted by Crippen LogP contribution is 2.35. The summed E-state index contributed by atoms with van der Waals surface area (Å²) in [7, 11) is 0. The van der Waals surface area contributed by atoms with E-state index in [9.17, 15) is 33.3 Å². The van der Waals surface area contributed by atoms with Crippen molar-refractivity contribution in [3.63, 3.8) is 0 Å². The normalized spacial score (nSPS) is 10.8. The number of alkyl halides is 3. The van der Waals surface area contributed by atoms with E-state index < -0.39 is 23.6 Å². The molecule has 0 radical (unpaired) electrons. The molecule has 0 fully saturated rings. The Bertz CT molecular complexity index is 1450. The summed E-state index contributed by atoms with van der Waals surface area (Å²) in [6.07, 6.45) is -4.14. The number of carboxylic acids is 1. The summed E-state index contributed by atoms with van der Waals surface area (Å²) >= 11 is 6.22. The first-order chi connectivity index (χ1) is 17.5. The van der Waals surface area contributed by atoms with E-state index in [0.29, 0.717) is 6.07 Å². The standard InChI is InChI=1S/C25H16ClF3N4O4/c26-19-5-4-14(8-17(19)18-12-32-22(25(27,28)29)9-16(18)11-31)20(34)13-33-24-15(10-30)2-1-3-21(24)37-7-6-23(35)36/h1-5,8-9,12,33H,6-7,13H2,(H,35,36). The van der Waals surface area contributed by atoms with E-state index in [-0.39, 0.29) is 63.8 Å². The fourth-order valence-corrected chi connectivity index (χ4v) is 3.49. The van der Waals surface area contributed by atoms with Gasteiger partial charge in [-0.25, -0.2) is 0 Å². The summed E-state index contributed by atoms with van der Waals surface area (Å²) in [6.45, 7) is -0.471. The average molecular weight is 529 g/mol. The van der Waals surface area contributed by atoms with Crippen molar-refractivity contribution >= 4 is 29.0 Å². The second-order valence-electron chi connectivity index (χ2n) is 7.48. The number of hydrogen-bond acceptors (Lipinski definition) is 7. The predicted octanol–water partition coefficient (Wildman–Crippen LogP) is 5.31. The number of anilines is 1. The van der Waals surface area contributed by atoms with Crippen LogP contribution in [0.1, 0.15) is 33.6 Å². The largest absolute Gasteiger partial charge is 0.491 e. The van der Waals surface area contributed by atoms with E-state index >= 15 is 0 Å². The lowest BCUT2D eigenvalue weighted by Crippen LogP contribution is -2.16. The number of aliphatic carboxylic acids is 1. The molecule has 37 heavy (non-hydrogen) atoms. The lowest BCUT2D eigenvalue weighted by Gasteiger charge is -2.14. The minimum absolute atomic E-state index is 0.0204. The van der Waals surface area contributed by atoms with E-state index in [2.05, 4.69) is 10.3 Å². The number of aromatic nitrogens is 1. The third-order valence-corrected chi connectivity index (χ3v) is 5.37. The molecule has 3 aromatic rings. The smallest absolute Gasteiger partial charge is 0.433 e. The number of nitrogens with one attached hydrogen (secondary N) is 1. The number of nitriles is 2. The molecule has 0 aliphatic carbocycles. The first-order valence-electron chi connectivity index (χ1n) is 10.5. The zero-order chi connectivity index (χ0) is 27.2. The van der Waals surface area contributed by atoms with Crippen LogP contribution in [0.15, 0.2) is 48.7 Å². The number of nitrogens with zero attached hydrogens (tertiary/aromatic N) is 3. The summed E-state index contributed by atoms with van der Waals surface area (Å²) in [5.41, 5.74) is -0.926. The number of benzene rings is 2. The number of carboxylic acid groups (broad SMARTS) is 1. The Morgan fingerprint density at radius 2 is 1.81 bits per heavy atom. The van der Waals surface area contributed by atoms with Crippen LogP contribution in [-0.2, 0) is 11.0 Å². The molecule has 3 rings (SSSR count). The molecule has 0 bridgehead atoms. The molecule has 0 amide bonds. The summed E-state index contributed by atoms with van der Waals surface area (Å²) in [5, 5.41) is 30.5. The van der Waals surface area contributed by atoms with Crippen molar-refractivity contribution in [1.29, 1.82) is 10.5 Å². The topological polar surface area (TPSA) is 136 Å². The van der Waals surface area contributed by atoms with Crippen molar-refractivity contribution < 1.29 is 32.6 Å². The molecule has 1 heterocycles. The van der Waals surface area contributed by atoms with Crippen LogP contribution in [0.25, 0.3) is 11.1 Å². The zero-order valence-electron chi connectivity index (χ0n) is 18.8. The van der Waals surface area contributed by atoms with Crippen LogP contribution in [0.4, 0.5) is 18.9 Å². The first kappa shape index (κ1) is 27.0. The number of pyridine rings is 1. The number of hydrogen-bond donors (Lipinski definition) is 2. The molecule has 12 heteroatoms. The zero-order valence-corrected chi connectivity index (χ0v) is 19.5. The van der Waals surface area contributed by atoms with E-state index in [4.69, 9.17) is 21.4 Å². The molecular formula is C25H16ClF3N4O4. The van der Waals surface area contributed by atoms with Gasteiger partial charge in [-0.2, -0.15) is 23.7 Å². The van der Waals surface area contributed by atoms with Crippen LogP contribution < -0.4 is 10.1 Å². The summed E-state index contributed by atoms with van der Waals surface area (Å²) < 4.78 is 44.4. The Morgan fingerprint density at radius 1 is 1.08 bits per heavy atom. The molecule has 0 saturated heterocycles. The molecule has 1 aromatic heterocycles. The van der Waals surface area contributed by atoms with Gasteiger partial charge in [0, 0.05) is 27.9 Å². The predicted molar refractivity (Wildman–Crippen MR) is 126 cm³/mol. The van der Waals surface area contributed by atoms with E-state index in [1.54, 1.807) is 6.07 Å². The maximum atomic E-state index is 13.0. The van der Waals surface area contributed by atoms with Crippen LogP contribution in [-0.4, -0.2) is 35.0 Å². The fraction of sp³-hybridized carbons (Fsp3) is 0.160. The molecule has 0 aliphatic heterocycles. The summed E-state index contributed by atoms with van der Waals surface area (Å²) in [6, 6.07) is 12.9. The molecule has 0 saturated carbocycles. The highest BCUT2D eigenvalue weighted by Gasteiger charge is 2.33. The van der Waals surface area contributed by atoms with E-state index in [1.165, 1.54) is 36.4 Å². The third kappa shape index (κ3) is 6.54. The minimum Gasteiger partial charge on any atom is -0.491 e. The molecule has 0 unspecified atom stereocenters. The number of para-hydroxylation sites is 1. The fourth-order valence-electron chi connectivity index (χ4n) is 3.27. The van der Waals surface area contributed by atoms with Gasteiger partial charge < -0.3 is 15.2 Å². The number of carbonyl (C=O) groups excluding carboxylic acids is 1. The van der Waals surface area contributed by atoms with Crippen molar-refractivity contribution in [3.05, 3.63) is 76.1 Å². The number of halogens is 4.